The van der Waals surface area contributed by atoms with Crippen molar-refractivity contribution in [3.8, 4) is 0 Å². The summed E-state index contributed by atoms with van der Waals surface area (Å²) in [4.78, 5) is 0. The van der Waals surface area contributed by atoms with Crippen LogP contribution in [0.25, 0.3) is 0 Å². The number of hydrogen-bond acceptors (Lipinski definition) is 1. The molecule has 0 saturated carbocycles. The van der Waals surface area contributed by atoms with Gasteiger partial charge in [-0.05, 0) is 17.8 Å². The zero-order chi connectivity index (χ0) is 12.6. The second-order valence-corrected chi connectivity index (χ2v) is 6.32. The molecule has 0 aromatic rings. The normalized spacial score (nSPS) is 14.4. The largest absolute Gasteiger partial charge is 0.314 e. The van der Waals surface area contributed by atoms with Crippen molar-refractivity contribution < 1.29 is 0 Å². The zero-order valence-electron chi connectivity index (χ0n) is 12.4. The highest BCUT2D eigenvalue weighted by molar-refractivity contribution is 4.76. The third kappa shape index (κ3) is 8.15. The SMILES string of the molecule is CCCCC(CC)CC(C)(C)CNC(C)C. The minimum atomic E-state index is 0.443. The molecule has 0 saturated heterocycles. The summed E-state index contributed by atoms with van der Waals surface area (Å²) in [6.07, 6.45) is 6.85. The highest BCUT2D eigenvalue weighted by Gasteiger charge is 2.22. The van der Waals surface area contributed by atoms with E-state index in [-0.39, 0.29) is 0 Å². The van der Waals surface area contributed by atoms with Crippen LogP contribution in [0.1, 0.15) is 73.6 Å². The van der Waals surface area contributed by atoms with Crippen LogP contribution in [-0.4, -0.2) is 12.6 Å². The fourth-order valence-corrected chi connectivity index (χ4v) is 2.28. The summed E-state index contributed by atoms with van der Waals surface area (Å²) in [5.41, 5.74) is 0.443. The third-order valence-corrected chi connectivity index (χ3v) is 3.37. The number of unbranched alkanes of at least 4 members (excludes halogenated alkanes) is 1. The lowest BCUT2D eigenvalue weighted by atomic mass is 9.79. The first-order valence-corrected chi connectivity index (χ1v) is 7.14. The van der Waals surface area contributed by atoms with E-state index in [9.17, 15) is 0 Å². The van der Waals surface area contributed by atoms with E-state index >= 15 is 0 Å². The van der Waals surface area contributed by atoms with Gasteiger partial charge >= 0.3 is 0 Å². The highest BCUT2D eigenvalue weighted by atomic mass is 14.9. The van der Waals surface area contributed by atoms with Gasteiger partial charge in [0.25, 0.3) is 0 Å². The quantitative estimate of drug-likeness (QED) is 0.606. The fraction of sp³-hybridized carbons (Fsp3) is 1.00. The van der Waals surface area contributed by atoms with Crippen LogP contribution in [0.3, 0.4) is 0 Å². The lowest BCUT2D eigenvalue weighted by Gasteiger charge is -2.30. The van der Waals surface area contributed by atoms with Gasteiger partial charge in [-0.1, -0.05) is 67.2 Å². The molecule has 0 bridgehead atoms. The minimum Gasteiger partial charge on any atom is -0.314 e. The minimum absolute atomic E-state index is 0.443. The molecule has 0 fully saturated rings. The summed E-state index contributed by atoms with van der Waals surface area (Å²) >= 11 is 0. The van der Waals surface area contributed by atoms with E-state index in [2.05, 4.69) is 46.9 Å². The van der Waals surface area contributed by atoms with E-state index in [1.807, 2.05) is 0 Å². The number of nitrogens with one attached hydrogen (secondary N) is 1. The van der Waals surface area contributed by atoms with Gasteiger partial charge in [-0.2, -0.15) is 0 Å². The predicted octanol–water partition coefficient (Wildman–Crippen LogP) is 4.62. The van der Waals surface area contributed by atoms with Crippen molar-refractivity contribution in [2.45, 2.75) is 79.7 Å². The Kier molecular flexibility index (Phi) is 8.09. The molecule has 1 unspecified atom stereocenters. The molecule has 1 nitrogen and oxygen atoms in total. The summed E-state index contributed by atoms with van der Waals surface area (Å²) in [5.74, 6) is 0.920. The Morgan fingerprint density at radius 2 is 1.75 bits per heavy atom. The van der Waals surface area contributed by atoms with Crippen molar-refractivity contribution in [2.75, 3.05) is 6.54 Å². The van der Waals surface area contributed by atoms with Crippen LogP contribution in [0, 0.1) is 11.3 Å². The Labute approximate surface area is 103 Å². The molecule has 0 radical (unpaired) electrons. The molecule has 1 N–H and O–H groups in total. The number of rotatable bonds is 9. The van der Waals surface area contributed by atoms with E-state index in [1.54, 1.807) is 0 Å². The smallest absolute Gasteiger partial charge is 0.00106 e. The average Bonchev–Trinajstić information content (AvgIpc) is 2.21. The lowest BCUT2D eigenvalue weighted by Crippen LogP contribution is -2.35. The van der Waals surface area contributed by atoms with Crippen molar-refractivity contribution in [1.29, 1.82) is 0 Å². The first kappa shape index (κ1) is 16.0. The fourth-order valence-electron chi connectivity index (χ4n) is 2.28. The molecule has 0 aliphatic carbocycles. The van der Waals surface area contributed by atoms with Crippen molar-refractivity contribution in [3.05, 3.63) is 0 Å². The molecule has 0 spiro atoms. The molecule has 0 heterocycles. The summed E-state index contributed by atoms with van der Waals surface area (Å²) in [7, 11) is 0. The van der Waals surface area contributed by atoms with Gasteiger partial charge in [0.2, 0.25) is 0 Å². The van der Waals surface area contributed by atoms with Crippen molar-refractivity contribution in [2.24, 2.45) is 11.3 Å². The van der Waals surface area contributed by atoms with Crippen molar-refractivity contribution in [3.63, 3.8) is 0 Å². The van der Waals surface area contributed by atoms with Gasteiger partial charge in [-0.3, -0.25) is 0 Å². The Hall–Kier alpha value is -0.0400. The van der Waals surface area contributed by atoms with Gasteiger partial charge in [-0.15, -0.1) is 0 Å². The summed E-state index contributed by atoms with van der Waals surface area (Å²) in [6, 6.07) is 0.606. The van der Waals surface area contributed by atoms with E-state index in [0.717, 1.165) is 12.5 Å². The van der Waals surface area contributed by atoms with Crippen LogP contribution in [0.5, 0.6) is 0 Å². The molecule has 0 aliphatic heterocycles. The van der Waals surface area contributed by atoms with Crippen molar-refractivity contribution in [1.82, 2.24) is 5.32 Å². The number of hydrogen-bond donors (Lipinski definition) is 1. The van der Waals surface area contributed by atoms with Gasteiger partial charge in [0.1, 0.15) is 0 Å². The van der Waals surface area contributed by atoms with E-state index in [4.69, 9.17) is 0 Å². The van der Waals surface area contributed by atoms with Gasteiger partial charge in [0.05, 0.1) is 0 Å². The average molecular weight is 227 g/mol. The predicted molar refractivity (Wildman–Crippen MR) is 74.8 cm³/mol. The molecule has 0 rings (SSSR count). The molecule has 98 valence electrons. The van der Waals surface area contributed by atoms with Crippen molar-refractivity contribution >= 4 is 0 Å². The lowest BCUT2D eigenvalue weighted by molar-refractivity contribution is 0.234. The maximum absolute atomic E-state index is 3.57. The van der Waals surface area contributed by atoms with Crippen LogP contribution in [-0.2, 0) is 0 Å². The van der Waals surface area contributed by atoms with Crippen LogP contribution in [0.15, 0.2) is 0 Å². The van der Waals surface area contributed by atoms with Gasteiger partial charge in [-0.25, -0.2) is 0 Å². The second kappa shape index (κ2) is 8.11. The maximum atomic E-state index is 3.57. The Balaban J connectivity index is 3.98. The highest BCUT2D eigenvalue weighted by Crippen LogP contribution is 2.29. The first-order chi connectivity index (χ1) is 7.41. The molecule has 16 heavy (non-hydrogen) atoms. The summed E-state index contributed by atoms with van der Waals surface area (Å²) < 4.78 is 0. The van der Waals surface area contributed by atoms with Crippen LogP contribution >= 0.6 is 0 Å². The van der Waals surface area contributed by atoms with Gasteiger partial charge in [0, 0.05) is 12.6 Å². The molecule has 0 amide bonds. The second-order valence-electron chi connectivity index (χ2n) is 6.32. The molecular formula is C15H33N. The van der Waals surface area contributed by atoms with Gasteiger partial charge < -0.3 is 5.32 Å². The Morgan fingerprint density at radius 1 is 1.12 bits per heavy atom. The Bertz CT molecular complexity index is 161. The van der Waals surface area contributed by atoms with Crippen LogP contribution in [0.4, 0.5) is 0 Å². The van der Waals surface area contributed by atoms with Crippen LogP contribution in [0.2, 0.25) is 0 Å². The monoisotopic (exact) mass is 227 g/mol. The first-order valence-electron chi connectivity index (χ1n) is 7.14. The Morgan fingerprint density at radius 3 is 2.19 bits per heavy atom. The molecular weight excluding hydrogens is 194 g/mol. The maximum Gasteiger partial charge on any atom is 0.00106 e. The summed E-state index contributed by atoms with van der Waals surface area (Å²) in [6.45, 7) is 15.0. The zero-order valence-corrected chi connectivity index (χ0v) is 12.4. The third-order valence-electron chi connectivity index (χ3n) is 3.37. The standard InChI is InChI=1S/C15H33N/c1-7-9-10-14(8-2)11-15(5,6)12-16-13(3)4/h13-14,16H,7-12H2,1-6H3. The van der Waals surface area contributed by atoms with E-state index < -0.39 is 0 Å². The molecule has 1 atom stereocenters. The molecule has 0 aromatic heterocycles. The van der Waals surface area contributed by atoms with E-state index in [1.165, 1.54) is 32.1 Å². The molecule has 0 aromatic carbocycles. The molecule has 0 aliphatic rings. The van der Waals surface area contributed by atoms with Gasteiger partial charge in [0.15, 0.2) is 0 Å². The van der Waals surface area contributed by atoms with Crippen LogP contribution < -0.4 is 5.32 Å². The summed E-state index contributed by atoms with van der Waals surface area (Å²) in [5, 5.41) is 3.57. The topological polar surface area (TPSA) is 12.0 Å². The molecule has 1 heteroatoms. The van der Waals surface area contributed by atoms with E-state index in [0.29, 0.717) is 11.5 Å².